The molecule has 0 aromatic carbocycles. The van der Waals surface area contributed by atoms with Crippen LogP contribution in [0.1, 0.15) is 31.3 Å². The summed E-state index contributed by atoms with van der Waals surface area (Å²) < 4.78 is 5.54. The molecule has 0 aliphatic heterocycles. The van der Waals surface area contributed by atoms with Gasteiger partial charge in [-0.25, -0.2) is 10.8 Å². The predicted molar refractivity (Wildman–Crippen MR) is 67.3 cm³/mol. The number of aryl methyl sites for hydroxylation is 1. The Bertz CT molecular complexity index is 536. The molecule has 0 aliphatic carbocycles. The fourth-order valence-electron chi connectivity index (χ4n) is 1.38. The van der Waals surface area contributed by atoms with Crippen molar-refractivity contribution in [3.8, 4) is 11.8 Å². The van der Waals surface area contributed by atoms with Crippen molar-refractivity contribution in [2.45, 2.75) is 26.7 Å². The molecule has 96 valence electrons. The molecule has 2 aromatic heterocycles. The Morgan fingerprint density at radius 1 is 1.28 bits per heavy atom. The molecule has 0 saturated heterocycles. The minimum atomic E-state index is 0.182. The highest BCUT2D eigenvalue weighted by Crippen LogP contribution is 2.22. The van der Waals surface area contributed by atoms with E-state index in [1.165, 1.54) is 0 Å². The molecule has 0 aliphatic rings. The van der Waals surface area contributed by atoms with Gasteiger partial charge >= 0.3 is 0 Å². The van der Waals surface area contributed by atoms with Crippen LogP contribution in [-0.4, -0.2) is 20.2 Å². The molecule has 2 aromatic rings. The molecule has 18 heavy (non-hydrogen) atoms. The van der Waals surface area contributed by atoms with Crippen molar-refractivity contribution in [1.82, 2.24) is 20.2 Å². The van der Waals surface area contributed by atoms with E-state index in [0.29, 0.717) is 23.4 Å². The van der Waals surface area contributed by atoms with Crippen molar-refractivity contribution in [3.05, 3.63) is 23.7 Å². The van der Waals surface area contributed by atoms with E-state index in [9.17, 15) is 0 Å². The summed E-state index contributed by atoms with van der Waals surface area (Å²) in [5.41, 5.74) is 3.41. The van der Waals surface area contributed by atoms with E-state index in [-0.39, 0.29) is 5.92 Å². The number of hydrogen-bond donors (Lipinski definition) is 3. The summed E-state index contributed by atoms with van der Waals surface area (Å²) in [4.78, 5) is 8.55. The molecule has 0 bridgehead atoms. The first-order chi connectivity index (χ1) is 8.58. The molecular weight excluding hydrogens is 232 g/mol. The van der Waals surface area contributed by atoms with Crippen LogP contribution in [0.3, 0.4) is 0 Å². The highest BCUT2D eigenvalue weighted by Gasteiger charge is 2.10. The molecule has 0 amide bonds. The van der Waals surface area contributed by atoms with Crippen molar-refractivity contribution in [2.75, 3.05) is 5.43 Å². The van der Waals surface area contributed by atoms with Crippen LogP contribution >= 0.6 is 0 Å². The van der Waals surface area contributed by atoms with Crippen molar-refractivity contribution in [3.63, 3.8) is 0 Å². The molecule has 7 heteroatoms. The van der Waals surface area contributed by atoms with Gasteiger partial charge < -0.3 is 10.2 Å². The van der Waals surface area contributed by atoms with Crippen LogP contribution in [0.15, 0.2) is 12.1 Å². The quantitative estimate of drug-likeness (QED) is 0.562. The molecule has 2 rings (SSSR count). The lowest BCUT2D eigenvalue weighted by molar-refractivity contribution is 0.438. The topological polar surface area (TPSA) is 102 Å². The van der Waals surface area contributed by atoms with Gasteiger partial charge in [0.2, 0.25) is 11.8 Å². The number of rotatable bonds is 4. The summed E-state index contributed by atoms with van der Waals surface area (Å²) >= 11 is 0. The number of nitrogens with one attached hydrogen (secondary N) is 2. The van der Waals surface area contributed by atoms with E-state index in [0.717, 1.165) is 5.69 Å². The van der Waals surface area contributed by atoms with Crippen LogP contribution in [0.25, 0.3) is 0 Å². The lowest BCUT2D eigenvalue weighted by Gasteiger charge is -2.09. The number of nitrogen functional groups attached to an aromatic ring is 1. The monoisotopic (exact) mass is 248 g/mol. The van der Waals surface area contributed by atoms with Gasteiger partial charge in [-0.15, -0.1) is 5.10 Å². The van der Waals surface area contributed by atoms with E-state index in [1.54, 1.807) is 12.1 Å². The van der Waals surface area contributed by atoms with Gasteiger partial charge in [-0.1, -0.05) is 13.8 Å². The SMILES string of the molecule is Cc1cc(Oc2cc(NN)nc(C(C)C)n2)n[nH]1. The van der Waals surface area contributed by atoms with Gasteiger partial charge in [0.05, 0.1) is 0 Å². The van der Waals surface area contributed by atoms with Gasteiger partial charge in [0.15, 0.2) is 0 Å². The van der Waals surface area contributed by atoms with Crippen molar-refractivity contribution in [2.24, 2.45) is 5.84 Å². The summed E-state index contributed by atoms with van der Waals surface area (Å²) in [6.45, 7) is 5.89. The second-order valence-corrected chi connectivity index (χ2v) is 4.24. The second kappa shape index (κ2) is 5.01. The molecule has 0 fully saturated rings. The van der Waals surface area contributed by atoms with E-state index < -0.39 is 0 Å². The fraction of sp³-hybridized carbons (Fsp3) is 0.364. The van der Waals surface area contributed by atoms with Crippen LogP contribution in [-0.2, 0) is 0 Å². The van der Waals surface area contributed by atoms with Crippen molar-refractivity contribution < 1.29 is 4.74 Å². The lowest BCUT2D eigenvalue weighted by atomic mass is 10.2. The second-order valence-electron chi connectivity index (χ2n) is 4.24. The number of nitrogens with two attached hydrogens (primary N) is 1. The van der Waals surface area contributed by atoms with Crippen molar-refractivity contribution >= 4 is 5.82 Å². The molecule has 0 spiro atoms. The number of hydrazine groups is 1. The smallest absolute Gasteiger partial charge is 0.240 e. The molecule has 0 unspecified atom stereocenters. The number of hydrogen-bond acceptors (Lipinski definition) is 6. The molecular formula is C11H16N6O. The molecule has 0 saturated carbocycles. The van der Waals surface area contributed by atoms with Gasteiger partial charge in [-0.3, -0.25) is 5.10 Å². The first-order valence-electron chi connectivity index (χ1n) is 5.64. The lowest BCUT2D eigenvalue weighted by Crippen LogP contribution is -2.11. The van der Waals surface area contributed by atoms with Crippen LogP contribution in [0.5, 0.6) is 11.8 Å². The largest absolute Gasteiger partial charge is 0.419 e. The molecule has 2 heterocycles. The van der Waals surface area contributed by atoms with Crippen LogP contribution < -0.4 is 16.0 Å². The number of ether oxygens (including phenoxy) is 1. The Morgan fingerprint density at radius 2 is 2.06 bits per heavy atom. The van der Waals surface area contributed by atoms with Gasteiger partial charge in [-0.05, 0) is 6.92 Å². The Morgan fingerprint density at radius 3 is 2.61 bits per heavy atom. The molecule has 7 nitrogen and oxygen atoms in total. The highest BCUT2D eigenvalue weighted by atomic mass is 16.5. The Balaban J connectivity index is 2.29. The maximum Gasteiger partial charge on any atom is 0.240 e. The first-order valence-corrected chi connectivity index (χ1v) is 5.64. The summed E-state index contributed by atoms with van der Waals surface area (Å²) in [6, 6.07) is 3.41. The standard InChI is InChI=1S/C11H16N6O/c1-6(2)11-13-8(15-12)5-9(14-11)18-10-4-7(3)16-17-10/h4-6H,12H2,1-3H3,(H,16,17)(H,13,14,15). The normalized spacial score (nSPS) is 10.7. The summed E-state index contributed by atoms with van der Waals surface area (Å²) in [6.07, 6.45) is 0. The zero-order valence-corrected chi connectivity index (χ0v) is 10.6. The Kier molecular flexibility index (Phi) is 3.42. The number of aromatic amines is 1. The van der Waals surface area contributed by atoms with Crippen LogP contribution in [0, 0.1) is 6.92 Å². The number of H-pyrrole nitrogens is 1. The maximum atomic E-state index is 5.54. The zero-order valence-electron chi connectivity index (χ0n) is 10.6. The first kappa shape index (κ1) is 12.3. The minimum Gasteiger partial charge on any atom is -0.419 e. The van der Waals surface area contributed by atoms with Gasteiger partial charge in [0.1, 0.15) is 11.6 Å². The summed E-state index contributed by atoms with van der Waals surface area (Å²) in [5, 5.41) is 6.78. The van der Waals surface area contributed by atoms with Crippen molar-refractivity contribution in [1.29, 1.82) is 0 Å². The third kappa shape index (κ3) is 2.75. The third-order valence-electron chi connectivity index (χ3n) is 2.28. The average Bonchev–Trinajstić information content (AvgIpc) is 2.74. The Hall–Kier alpha value is -2.15. The predicted octanol–water partition coefficient (Wildman–Crippen LogP) is 1.71. The maximum absolute atomic E-state index is 5.54. The molecule has 4 N–H and O–H groups in total. The minimum absolute atomic E-state index is 0.182. The fourth-order valence-corrected chi connectivity index (χ4v) is 1.38. The summed E-state index contributed by atoms with van der Waals surface area (Å²) in [5.74, 6) is 7.59. The Labute approximate surface area is 105 Å². The molecule has 0 radical (unpaired) electrons. The van der Waals surface area contributed by atoms with Gasteiger partial charge in [0, 0.05) is 23.7 Å². The number of nitrogens with zero attached hydrogens (tertiary/aromatic N) is 3. The number of aromatic nitrogens is 4. The van der Waals surface area contributed by atoms with Crippen LogP contribution in [0.2, 0.25) is 0 Å². The van der Waals surface area contributed by atoms with E-state index in [2.05, 4.69) is 25.6 Å². The van der Waals surface area contributed by atoms with E-state index >= 15 is 0 Å². The highest BCUT2D eigenvalue weighted by molar-refractivity contribution is 5.38. The van der Waals surface area contributed by atoms with Gasteiger partial charge in [-0.2, -0.15) is 4.98 Å². The van der Waals surface area contributed by atoms with Crippen LogP contribution in [0.4, 0.5) is 5.82 Å². The molecule has 0 atom stereocenters. The van der Waals surface area contributed by atoms with E-state index in [1.807, 2.05) is 20.8 Å². The number of anilines is 1. The average molecular weight is 248 g/mol. The summed E-state index contributed by atoms with van der Waals surface area (Å²) in [7, 11) is 0. The van der Waals surface area contributed by atoms with E-state index in [4.69, 9.17) is 10.6 Å². The third-order valence-corrected chi connectivity index (χ3v) is 2.28. The zero-order chi connectivity index (χ0) is 13.1. The van der Waals surface area contributed by atoms with Gasteiger partial charge in [0.25, 0.3) is 0 Å².